The summed E-state index contributed by atoms with van der Waals surface area (Å²) in [5.74, 6) is -1.29. The molecule has 0 fully saturated rings. The number of thiol groups is 1. The van der Waals surface area contributed by atoms with Gasteiger partial charge in [-0.1, -0.05) is 45.9 Å². The fraction of sp³-hybridized carbons (Fsp3) is 0.486. The number of carbonyl (C=O) groups is 3. The first-order valence-corrected chi connectivity index (χ1v) is 16.3. The molecule has 48 heavy (non-hydrogen) atoms. The number of amides is 1. The van der Waals surface area contributed by atoms with Gasteiger partial charge in [0.25, 0.3) is 5.56 Å². The summed E-state index contributed by atoms with van der Waals surface area (Å²) in [4.78, 5) is 56.0. The van der Waals surface area contributed by atoms with Crippen LogP contribution in [0.15, 0.2) is 35.1 Å². The average Bonchev–Trinajstić information content (AvgIpc) is 3.43. The van der Waals surface area contributed by atoms with Crippen molar-refractivity contribution >= 4 is 41.7 Å². The van der Waals surface area contributed by atoms with Crippen molar-refractivity contribution in [2.75, 3.05) is 13.7 Å². The van der Waals surface area contributed by atoms with E-state index in [1.807, 2.05) is 65.8 Å². The molecule has 1 amide bonds. The van der Waals surface area contributed by atoms with Crippen LogP contribution in [-0.2, 0) is 38.7 Å². The Morgan fingerprint density at radius 2 is 1.79 bits per heavy atom. The van der Waals surface area contributed by atoms with Gasteiger partial charge in [-0.15, -0.1) is 0 Å². The van der Waals surface area contributed by atoms with E-state index in [4.69, 9.17) is 20.6 Å². The quantitative estimate of drug-likeness (QED) is 0.0893. The summed E-state index contributed by atoms with van der Waals surface area (Å²) in [6.45, 7) is 12.3. The van der Waals surface area contributed by atoms with Crippen LogP contribution >= 0.6 is 12.6 Å². The Morgan fingerprint density at radius 3 is 2.35 bits per heavy atom. The minimum Gasteiger partial charge on any atom is -0.481 e. The van der Waals surface area contributed by atoms with Crippen LogP contribution in [0.5, 0.6) is 0 Å². The van der Waals surface area contributed by atoms with Crippen LogP contribution in [0, 0.1) is 7.43 Å². The van der Waals surface area contributed by atoms with Crippen molar-refractivity contribution in [1.29, 1.82) is 0 Å². The van der Waals surface area contributed by atoms with Gasteiger partial charge in [0.2, 0.25) is 5.91 Å². The molecule has 260 valence electrons. The number of aliphatic carboxylic acids is 1. The molecule has 0 radical (unpaired) electrons. The number of aliphatic hydroxyl groups is 1. The van der Waals surface area contributed by atoms with Gasteiger partial charge in [0.05, 0.1) is 36.1 Å². The number of benzene rings is 1. The van der Waals surface area contributed by atoms with Gasteiger partial charge in [-0.2, -0.15) is 12.6 Å². The molecule has 0 saturated heterocycles. The van der Waals surface area contributed by atoms with Crippen molar-refractivity contribution in [3.05, 3.63) is 70.4 Å². The standard InChI is InChI=1S/C30H36N4O7S.2C2H6.CH3.Cs/c1-16(2)33(30(40)27(31)25(42)8-9-26(37)38)11-10-17-18-6-4-5-7-22(18)32-28-20(17)13-34-23(28)12-19(24(36)14-35)21(15-41-3)29(34)39;2*1-2;;/h4-7,12,14,16,24-25,27,36,42H,8-11,13,15,31H2,1-3H3,(H,37,38);2*1-2H3;1H3;/q;;;-1;+1. The molecule has 3 aromatic rings. The van der Waals surface area contributed by atoms with E-state index < -0.39 is 23.4 Å². The first kappa shape index (κ1) is 46.5. The molecule has 4 rings (SSSR count). The van der Waals surface area contributed by atoms with Crippen molar-refractivity contribution in [2.45, 2.75) is 97.4 Å². The molecule has 3 heterocycles. The van der Waals surface area contributed by atoms with Crippen LogP contribution in [0.25, 0.3) is 22.3 Å². The number of fused-ring (bicyclic) bond motifs is 4. The van der Waals surface area contributed by atoms with E-state index in [0.717, 1.165) is 16.5 Å². The number of aliphatic hydroxyl groups excluding tert-OH is 1. The number of hydrogen-bond acceptors (Lipinski definition) is 9. The third-order valence-electron chi connectivity index (χ3n) is 7.70. The molecule has 13 heteroatoms. The Balaban J connectivity index is 0.00000355. The van der Waals surface area contributed by atoms with Crippen LogP contribution in [0.3, 0.4) is 0 Å². The second-order valence-corrected chi connectivity index (χ2v) is 11.4. The summed E-state index contributed by atoms with van der Waals surface area (Å²) in [6.07, 6.45) is -0.647. The minimum atomic E-state index is -1.49. The maximum atomic E-state index is 13.6. The Hall–Kier alpha value is -1.53. The normalized spacial score (nSPS) is 12.8. The van der Waals surface area contributed by atoms with E-state index in [2.05, 4.69) is 12.6 Å². The molecular formula is C35H51CsN4O7S. The smallest absolute Gasteiger partial charge is 0.481 e. The van der Waals surface area contributed by atoms with Gasteiger partial charge in [0, 0.05) is 53.4 Å². The number of hydrogen-bond donors (Lipinski definition) is 4. The molecule has 2 aromatic heterocycles. The summed E-state index contributed by atoms with van der Waals surface area (Å²) < 4.78 is 6.78. The van der Waals surface area contributed by atoms with Crippen LogP contribution in [0.2, 0.25) is 0 Å². The van der Waals surface area contributed by atoms with E-state index in [0.29, 0.717) is 36.2 Å². The molecule has 0 spiro atoms. The molecule has 0 aliphatic carbocycles. The third-order valence-corrected chi connectivity index (χ3v) is 8.28. The van der Waals surface area contributed by atoms with Gasteiger partial charge in [0.15, 0.2) is 6.29 Å². The van der Waals surface area contributed by atoms with E-state index in [1.54, 1.807) is 15.5 Å². The summed E-state index contributed by atoms with van der Waals surface area (Å²) in [6, 6.07) is 8.05. The zero-order chi connectivity index (χ0) is 34.7. The number of aldehydes is 1. The van der Waals surface area contributed by atoms with E-state index >= 15 is 0 Å². The van der Waals surface area contributed by atoms with Crippen LogP contribution in [0.1, 0.15) is 82.7 Å². The fourth-order valence-corrected chi connectivity index (χ4v) is 5.75. The van der Waals surface area contributed by atoms with Gasteiger partial charge in [-0.3, -0.25) is 14.4 Å². The molecule has 3 unspecified atom stereocenters. The molecule has 3 atom stereocenters. The van der Waals surface area contributed by atoms with Crippen molar-refractivity contribution < 1.29 is 98.2 Å². The Bertz CT molecular complexity index is 1580. The summed E-state index contributed by atoms with van der Waals surface area (Å²) in [7, 11) is 1.44. The fourth-order valence-electron chi connectivity index (χ4n) is 5.50. The number of carboxylic acid groups (broad SMARTS) is 1. The van der Waals surface area contributed by atoms with Crippen LogP contribution in [-0.4, -0.2) is 73.8 Å². The van der Waals surface area contributed by atoms with Crippen molar-refractivity contribution in [3.8, 4) is 11.4 Å². The second kappa shape index (κ2) is 22.3. The number of para-hydroxylation sites is 1. The van der Waals surface area contributed by atoms with Crippen molar-refractivity contribution in [1.82, 2.24) is 14.5 Å². The van der Waals surface area contributed by atoms with E-state index in [9.17, 15) is 24.3 Å². The summed E-state index contributed by atoms with van der Waals surface area (Å²) in [5.41, 5.74) is 9.76. The van der Waals surface area contributed by atoms with Crippen LogP contribution < -0.4 is 80.2 Å². The maximum absolute atomic E-state index is 13.6. The van der Waals surface area contributed by atoms with Crippen molar-refractivity contribution in [2.24, 2.45) is 5.73 Å². The number of nitrogens with zero attached hydrogens (tertiary/aromatic N) is 3. The van der Waals surface area contributed by atoms with Gasteiger partial charge < -0.3 is 42.4 Å². The van der Waals surface area contributed by atoms with Gasteiger partial charge >= 0.3 is 74.9 Å². The Labute approximate surface area is 348 Å². The first-order valence-electron chi connectivity index (χ1n) is 15.8. The zero-order valence-corrected chi connectivity index (χ0v) is 37.0. The zero-order valence-electron chi connectivity index (χ0n) is 29.8. The minimum absolute atomic E-state index is 0. The molecule has 1 aromatic carbocycles. The van der Waals surface area contributed by atoms with Crippen LogP contribution in [0.4, 0.5) is 0 Å². The van der Waals surface area contributed by atoms with Gasteiger partial charge in [0.1, 0.15) is 6.10 Å². The molecule has 1 aliphatic heterocycles. The molecule has 1 aliphatic rings. The molecule has 11 nitrogen and oxygen atoms in total. The Kier molecular flexibility index (Phi) is 21.6. The molecular weight excluding hydrogens is 753 g/mol. The number of rotatable bonds is 13. The number of carbonyl (C=O) groups excluding carboxylic acids is 2. The third kappa shape index (κ3) is 10.7. The number of methoxy groups -OCH3 is 1. The second-order valence-electron chi connectivity index (χ2n) is 10.7. The predicted molar refractivity (Wildman–Crippen MR) is 190 cm³/mol. The molecule has 4 N–H and O–H groups in total. The molecule has 0 bridgehead atoms. The largest absolute Gasteiger partial charge is 1.00 e. The predicted octanol–water partition coefficient (Wildman–Crippen LogP) is 1.58. The van der Waals surface area contributed by atoms with E-state index in [-0.39, 0.29) is 131 Å². The maximum Gasteiger partial charge on any atom is 1.00 e. The van der Waals surface area contributed by atoms with Gasteiger partial charge in [-0.25, -0.2) is 4.98 Å². The average molecular weight is 805 g/mol. The Morgan fingerprint density at radius 1 is 1.17 bits per heavy atom. The molecule has 0 saturated carbocycles. The SMILES string of the molecule is CC.CC.COCc1c(C(O)C=O)cc2n(c1=O)Cc1c-2nc2ccccc2c1CCN(C(=O)C(N)C(S)CCC(=O)O)C(C)C.[CH3-].[Cs+]. The number of ether oxygens (including phenoxy) is 1. The van der Waals surface area contributed by atoms with Gasteiger partial charge in [-0.05, 0) is 44.4 Å². The first-order chi connectivity index (χ1) is 22.0. The number of carboxylic acids is 1. The summed E-state index contributed by atoms with van der Waals surface area (Å²) in [5, 5.41) is 19.7. The number of nitrogens with two attached hydrogens (primary N) is 1. The summed E-state index contributed by atoms with van der Waals surface area (Å²) >= 11 is 4.41. The monoisotopic (exact) mass is 804 g/mol. The number of aromatic nitrogens is 2. The van der Waals surface area contributed by atoms with E-state index in [1.165, 1.54) is 7.11 Å². The number of pyridine rings is 2. The van der Waals surface area contributed by atoms with Crippen molar-refractivity contribution in [3.63, 3.8) is 0 Å². The topological polar surface area (TPSA) is 165 Å².